The molecular weight excluding hydrogens is 342 g/mol. The molecule has 2 rings (SSSR count). The van der Waals surface area contributed by atoms with E-state index in [4.69, 9.17) is 4.74 Å². The number of aromatic carboxylic acids is 1. The van der Waals surface area contributed by atoms with Crippen LogP contribution in [-0.2, 0) is 17.8 Å². The molecule has 0 aliphatic rings. The van der Waals surface area contributed by atoms with Gasteiger partial charge in [0, 0.05) is 18.5 Å². The number of benzene rings is 2. The molecule has 0 atom stereocenters. The molecule has 2 N–H and O–H groups in total. The Morgan fingerprint density at radius 2 is 1.78 bits per heavy atom. The van der Waals surface area contributed by atoms with E-state index in [1.807, 2.05) is 45.9 Å². The van der Waals surface area contributed by atoms with Crippen molar-refractivity contribution in [3.05, 3.63) is 64.7 Å². The molecular formula is C22H27NO4. The number of carbonyl (C=O) groups excluding carboxylic acids is 1. The van der Waals surface area contributed by atoms with E-state index < -0.39 is 5.97 Å². The molecule has 0 heterocycles. The molecule has 0 fully saturated rings. The van der Waals surface area contributed by atoms with Gasteiger partial charge in [-0.1, -0.05) is 30.3 Å². The van der Waals surface area contributed by atoms with Gasteiger partial charge < -0.3 is 15.2 Å². The lowest BCUT2D eigenvalue weighted by atomic mass is 10.0. The highest BCUT2D eigenvalue weighted by atomic mass is 16.5. The van der Waals surface area contributed by atoms with Crippen molar-refractivity contribution in [1.29, 1.82) is 0 Å². The Morgan fingerprint density at radius 1 is 1.07 bits per heavy atom. The summed E-state index contributed by atoms with van der Waals surface area (Å²) in [6.07, 6.45) is 0.610. The van der Waals surface area contributed by atoms with E-state index in [2.05, 4.69) is 5.32 Å². The number of carbonyl (C=O) groups is 2. The lowest BCUT2D eigenvalue weighted by molar-refractivity contribution is -0.121. The molecule has 5 heteroatoms. The molecule has 5 nitrogen and oxygen atoms in total. The number of nitrogens with one attached hydrogen (secondary N) is 1. The molecule has 0 spiro atoms. The van der Waals surface area contributed by atoms with Gasteiger partial charge in [-0.3, -0.25) is 4.79 Å². The zero-order chi connectivity index (χ0) is 20.0. The first kappa shape index (κ1) is 20.5. The Balaban J connectivity index is 1.97. The standard InChI is InChI=1S/C22H27NO4/c1-15-9-10-17(19(13-15)27-22(2,3)4)14-23-20(24)12-11-16-7-5-6-8-18(16)21(25)26/h5-10,13H,11-12,14H2,1-4H3,(H,23,24)(H,25,26). The van der Waals surface area contributed by atoms with Crippen LogP contribution in [0, 0.1) is 6.92 Å². The summed E-state index contributed by atoms with van der Waals surface area (Å²) in [5, 5.41) is 12.1. The highest BCUT2D eigenvalue weighted by Gasteiger charge is 2.16. The predicted molar refractivity (Wildman–Crippen MR) is 105 cm³/mol. The number of aryl methyl sites for hydroxylation is 2. The molecule has 0 aromatic heterocycles. The van der Waals surface area contributed by atoms with Crippen LogP contribution >= 0.6 is 0 Å². The fraction of sp³-hybridized carbons (Fsp3) is 0.364. The third kappa shape index (κ3) is 6.44. The first-order valence-electron chi connectivity index (χ1n) is 9.02. The quantitative estimate of drug-likeness (QED) is 0.770. The molecule has 0 saturated carbocycles. The molecule has 1 amide bonds. The summed E-state index contributed by atoms with van der Waals surface area (Å²) >= 11 is 0. The van der Waals surface area contributed by atoms with Crippen LogP contribution in [0.2, 0.25) is 0 Å². The topological polar surface area (TPSA) is 75.6 Å². The number of rotatable bonds is 7. The minimum Gasteiger partial charge on any atom is -0.488 e. The summed E-state index contributed by atoms with van der Waals surface area (Å²) in [4.78, 5) is 23.5. The Bertz CT molecular complexity index is 821. The molecule has 2 aromatic rings. The molecule has 0 aliphatic carbocycles. The molecule has 2 aromatic carbocycles. The summed E-state index contributed by atoms with van der Waals surface area (Å²) in [6.45, 7) is 8.32. The number of ether oxygens (including phenoxy) is 1. The van der Waals surface area contributed by atoms with Crippen molar-refractivity contribution in [2.75, 3.05) is 0 Å². The average Bonchev–Trinajstić information content (AvgIpc) is 2.58. The van der Waals surface area contributed by atoms with Crippen LogP contribution in [0.5, 0.6) is 5.75 Å². The predicted octanol–water partition coefficient (Wildman–Crippen LogP) is 4.12. The highest BCUT2D eigenvalue weighted by Crippen LogP contribution is 2.24. The van der Waals surface area contributed by atoms with Gasteiger partial charge in [-0.05, 0) is 57.4 Å². The summed E-state index contributed by atoms with van der Waals surface area (Å²) in [6, 6.07) is 12.7. The summed E-state index contributed by atoms with van der Waals surface area (Å²) in [7, 11) is 0. The smallest absolute Gasteiger partial charge is 0.335 e. The van der Waals surface area contributed by atoms with Crippen molar-refractivity contribution in [3.8, 4) is 5.75 Å². The maximum Gasteiger partial charge on any atom is 0.335 e. The highest BCUT2D eigenvalue weighted by molar-refractivity contribution is 5.89. The molecule has 0 saturated heterocycles. The molecule has 0 bridgehead atoms. The van der Waals surface area contributed by atoms with E-state index in [9.17, 15) is 14.7 Å². The van der Waals surface area contributed by atoms with Crippen LogP contribution in [0.3, 0.4) is 0 Å². The second-order valence-corrected chi connectivity index (χ2v) is 7.56. The molecule has 0 aliphatic heterocycles. The molecule has 27 heavy (non-hydrogen) atoms. The largest absolute Gasteiger partial charge is 0.488 e. The maximum atomic E-state index is 12.2. The normalized spacial score (nSPS) is 11.1. The van der Waals surface area contributed by atoms with Crippen molar-refractivity contribution in [3.63, 3.8) is 0 Å². The number of carboxylic acids is 1. The number of hydrogen-bond acceptors (Lipinski definition) is 3. The van der Waals surface area contributed by atoms with Crippen LogP contribution in [0.1, 0.15) is 54.2 Å². The fourth-order valence-electron chi connectivity index (χ4n) is 2.71. The Morgan fingerprint density at radius 3 is 2.44 bits per heavy atom. The first-order valence-corrected chi connectivity index (χ1v) is 9.02. The third-order valence-electron chi connectivity index (χ3n) is 3.98. The number of hydrogen-bond donors (Lipinski definition) is 2. The third-order valence-corrected chi connectivity index (χ3v) is 3.98. The van der Waals surface area contributed by atoms with E-state index in [1.165, 1.54) is 0 Å². The van der Waals surface area contributed by atoms with Crippen LogP contribution in [0.25, 0.3) is 0 Å². The monoisotopic (exact) mass is 369 g/mol. The summed E-state index contributed by atoms with van der Waals surface area (Å²) < 4.78 is 6.00. The van der Waals surface area contributed by atoms with Crippen LogP contribution in [0.4, 0.5) is 0 Å². The fourth-order valence-corrected chi connectivity index (χ4v) is 2.71. The summed E-state index contributed by atoms with van der Waals surface area (Å²) in [5.41, 5.74) is 2.58. The maximum absolute atomic E-state index is 12.2. The van der Waals surface area contributed by atoms with Gasteiger partial charge in [0.15, 0.2) is 0 Å². The van der Waals surface area contributed by atoms with Gasteiger partial charge in [-0.2, -0.15) is 0 Å². The second-order valence-electron chi connectivity index (χ2n) is 7.56. The zero-order valence-electron chi connectivity index (χ0n) is 16.3. The van der Waals surface area contributed by atoms with Crippen molar-refractivity contribution in [1.82, 2.24) is 5.32 Å². The van der Waals surface area contributed by atoms with Gasteiger partial charge in [-0.25, -0.2) is 4.79 Å². The van der Waals surface area contributed by atoms with Crippen molar-refractivity contribution in [2.24, 2.45) is 0 Å². The van der Waals surface area contributed by atoms with E-state index in [1.54, 1.807) is 24.3 Å². The number of amides is 1. The van der Waals surface area contributed by atoms with Gasteiger partial charge >= 0.3 is 5.97 Å². The van der Waals surface area contributed by atoms with Gasteiger partial charge in [-0.15, -0.1) is 0 Å². The van der Waals surface area contributed by atoms with Gasteiger partial charge in [0.05, 0.1) is 5.56 Å². The molecule has 0 unspecified atom stereocenters. The Kier molecular flexibility index (Phi) is 6.61. The van der Waals surface area contributed by atoms with E-state index in [0.29, 0.717) is 18.5 Å². The lowest BCUT2D eigenvalue weighted by Crippen LogP contribution is -2.26. The van der Waals surface area contributed by atoms with Crippen LogP contribution < -0.4 is 10.1 Å². The Labute approximate surface area is 160 Å². The Hall–Kier alpha value is -2.82. The van der Waals surface area contributed by atoms with E-state index >= 15 is 0 Å². The van der Waals surface area contributed by atoms with E-state index in [0.717, 1.165) is 16.9 Å². The van der Waals surface area contributed by atoms with E-state index in [-0.39, 0.29) is 23.5 Å². The van der Waals surface area contributed by atoms with Crippen LogP contribution in [-0.4, -0.2) is 22.6 Å². The average molecular weight is 369 g/mol. The van der Waals surface area contributed by atoms with Crippen molar-refractivity contribution < 1.29 is 19.4 Å². The van der Waals surface area contributed by atoms with Crippen molar-refractivity contribution in [2.45, 2.75) is 52.7 Å². The van der Waals surface area contributed by atoms with Gasteiger partial charge in [0.2, 0.25) is 5.91 Å². The van der Waals surface area contributed by atoms with Gasteiger partial charge in [0.1, 0.15) is 11.4 Å². The minimum absolute atomic E-state index is 0.127. The summed E-state index contributed by atoms with van der Waals surface area (Å²) in [5.74, 6) is -0.342. The van der Waals surface area contributed by atoms with Crippen LogP contribution in [0.15, 0.2) is 42.5 Å². The zero-order valence-corrected chi connectivity index (χ0v) is 16.3. The minimum atomic E-state index is -0.977. The second kappa shape index (κ2) is 8.71. The number of carboxylic acid groups (broad SMARTS) is 1. The SMILES string of the molecule is Cc1ccc(CNC(=O)CCc2ccccc2C(=O)O)c(OC(C)(C)C)c1. The van der Waals surface area contributed by atoms with Crippen molar-refractivity contribution >= 4 is 11.9 Å². The molecule has 0 radical (unpaired) electrons. The first-order chi connectivity index (χ1) is 12.7. The lowest BCUT2D eigenvalue weighted by Gasteiger charge is -2.24. The van der Waals surface area contributed by atoms with Gasteiger partial charge in [0.25, 0.3) is 0 Å². The molecule has 144 valence electrons.